The van der Waals surface area contributed by atoms with E-state index < -0.39 is 0 Å². The molecule has 0 aliphatic carbocycles. The molecule has 2 aromatic rings. The van der Waals surface area contributed by atoms with E-state index in [0.717, 1.165) is 6.54 Å². The summed E-state index contributed by atoms with van der Waals surface area (Å²) in [5, 5.41) is 17.5. The summed E-state index contributed by atoms with van der Waals surface area (Å²) in [4.78, 5) is 12.3. The van der Waals surface area contributed by atoms with Crippen molar-refractivity contribution in [1.29, 1.82) is 0 Å². The monoisotopic (exact) mass is 344 g/mol. The molecule has 0 bridgehead atoms. The molecule has 1 aromatic heterocycles. The minimum atomic E-state index is -0.215. The number of carbonyl (C=O) groups excluding carboxylic acids is 1. The molecule has 0 unspecified atom stereocenters. The highest BCUT2D eigenvalue weighted by atomic mass is 35.5. The number of tetrazole rings is 1. The number of benzene rings is 1. The Labute approximate surface area is 139 Å². The summed E-state index contributed by atoms with van der Waals surface area (Å²) in [6.45, 7) is 5.40. The van der Waals surface area contributed by atoms with E-state index in [4.69, 9.17) is 11.6 Å². The molecule has 1 atom stereocenters. The summed E-state index contributed by atoms with van der Waals surface area (Å²) < 4.78 is 1.43. The first kappa shape index (κ1) is 18.3. The number of rotatable bonds is 6. The zero-order chi connectivity index (χ0) is 15.2. The van der Waals surface area contributed by atoms with Crippen molar-refractivity contribution in [2.75, 3.05) is 13.1 Å². The van der Waals surface area contributed by atoms with E-state index in [-0.39, 0.29) is 24.4 Å². The Hall–Kier alpha value is -1.70. The predicted octanol–water partition coefficient (Wildman–Crippen LogP) is 1.47. The average molecular weight is 345 g/mol. The average Bonchev–Trinajstić information content (AvgIpc) is 2.99. The van der Waals surface area contributed by atoms with Crippen LogP contribution in [0.25, 0.3) is 5.69 Å². The van der Waals surface area contributed by atoms with E-state index in [2.05, 4.69) is 26.2 Å². The maximum absolute atomic E-state index is 12.3. The lowest BCUT2D eigenvalue weighted by molar-refractivity contribution is 0.0950. The maximum atomic E-state index is 12.3. The molecule has 0 aliphatic rings. The van der Waals surface area contributed by atoms with Gasteiger partial charge in [-0.1, -0.05) is 18.5 Å². The number of aromatic nitrogens is 4. The molecule has 0 spiro atoms. The minimum absolute atomic E-state index is 0. The van der Waals surface area contributed by atoms with Gasteiger partial charge in [-0.25, -0.2) is 0 Å². The quantitative estimate of drug-likeness (QED) is 0.828. The Bertz CT molecular complexity index is 605. The van der Waals surface area contributed by atoms with Gasteiger partial charge in [0.2, 0.25) is 0 Å². The smallest absolute Gasteiger partial charge is 0.253 e. The van der Waals surface area contributed by atoms with Crippen molar-refractivity contribution >= 4 is 29.9 Å². The third-order valence-corrected chi connectivity index (χ3v) is 3.16. The largest absolute Gasteiger partial charge is 0.350 e. The van der Waals surface area contributed by atoms with E-state index in [9.17, 15) is 4.79 Å². The molecule has 2 rings (SSSR count). The second kappa shape index (κ2) is 8.67. The van der Waals surface area contributed by atoms with Gasteiger partial charge < -0.3 is 10.6 Å². The molecular weight excluding hydrogens is 327 g/mol. The maximum Gasteiger partial charge on any atom is 0.253 e. The lowest BCUT2D eigenvalue weighted by Gasteiger charge is -2.14. The summed E-state index contributed by atoms with van der Waals surface area (Å²) in [7, 11) is 0. The molecular formula is C13H18Cl2N6O. The van der Waals surface area contributed by atoms with Gasteiger partial charge in [0, 0.05) is 17.6 Å². The molecule has 1 amide bonds. The zero-order valence-electron chi connectivity index (χ0n) is 12.3. The fourth-order valence-electron chi connectivity index (χ4n) is 1.92. The van der Waals surface area contributed by atoms with Crippen molar-refractivity contribution in [2.24, 2.45) is 0 Å². The van der Waals surface area contributed by atoms with Gasteiger partial charge in [-0.2, -0.15) is 4.68 Å². The number of amides is 1. The van der Waals surface area contributed by atoms with Crippen LogP contribution >= 0.6 is 24.0 Å². The lowest BCUT2D eigenvalue weighted by atomic mass is 10.1. The highest BCUT2D eigenvalue weighted by Crippen LogP contribution is 2.18. The fourth-order valence-corrected chi connectivity index (χ4v) is 2.10. The van der Waals surface area contributed by atoms with Crippen LogP contribution in [0.15, 0.2) is 24.5 Å². The van der Waals surface area contributed by atoms with Crippen LogP contribution in [0.3, 0.4) is 0 Å². The number of likely N-dealkylation sites (N-methyl/N-ethyl adjacent to an activating group) is 1. The number of carbonyl (C=O) groups is 1. The van der Waals surface area contributed by atoms with E-state index in [1.807, 2.05) is 13.8 Å². The normalized spacial score (nSPS) is 11.6. The number of hydrogen-bond acceptors (Lipinski definition) is 5. The first-order valence-electron chi connectivity index (χ1n) is 6.66. The molecule has 2 N–H and O–H groups in total. The van der Waals surface area contributed by atoms with Gasteiger partial charge in [-0.15, -0.1) is 17.5 Å². The Morgan fingerprint density at radius 2 is 2.23 bits per heavy atom. The number of nitrogens with zero attached hydrogens (tertiary/aromatic N) is 4. The third-order valence-electron chi connectivity index (χ3n) is 2.92. The van der Waals surface area contributed by atoms with Crippen LogP contribution in [0.4, 0.5) is 0 Å². The van der Waals surface area contributed by atoms with Crippen LogP contribution in [0.1, 0.15) is 24.2 Å². The SMILES string of the molecule is CCN[C@H](C)CNC(=O)c1cc(Cl)ccc1-n1cnnn1.Cl. The van der Waals surface area contributed by atoms with E-state index >= 15 is 0 Å². The van der Waals surface area contributed by atoms with E-state index in [1.165, 1.54) is 11.0 Å². The van der Waals surface area contributed by atoms with Crippen molar-refractivity contribution in [1.82, 2.24) is 30.8 Å². The number of halogens is 2. The number of nitrogens with one attached hydrogen (secondary N) is 2. The zero-order valence-corrected chi connectivity index (χ0v) is 13.9. The van der Waals surface area contributed by atoms with Crippen molar-refractivity contribution in [3.63, 3.8) is 0 Å². The molecule has 1 heterocycles. The van der Waals surface area contributed by atoms with Crippen LogP contribution in [0.5, 0.6) is 0 Å². The minimum Gasteiger partial charge on any atom is -0.350 e. The molecule has 0 saturated heterocycles. The molecule has 1 aromatic carbocycles. The van der Waals surface area contributed by atoms with Crippen LogP contribution in [0.2, 0.25) is 5.02 Å². The molecule has 0 saturated carbocycles. The molecule has 0 aliphatic heterocycles. The standard InChI is InChI=1S/C13H17ClN6O.ClH/c1-3-15-9(2)7-16-13(21)11-6-10(14)4-5-12(11)20-8-17-18-19-20;/h4-6,8-9,15H,3,7H2,1-2H3,(H,16,21);1H/t9-;/m1./s1. The summed E-state index contributed by atoms with van der Waals surface area (Å²) >= 11 is 5.98. The molecule has 9 heteroatoms. The lowest BCUT2D eigenvalue weighted by Crippen LogP contribution is -2.39. The van der Waals surface area contributed by atoms with Crippen LogP contribution < -0.4 is 10.6 Å². The first-order valence-corrected chi connectivity index (χ1v) is 7.04. The molecule has 120 valence electrons. The van der Waals surface area contributed by atoms with Gasteiger partial charge in [0.25, 0.3) is 5.91 Å². The molecule has 7 nitrogen and oxygen atoms in total. The third kappa shape index (κ3) is 4.66. The Morgan fingerprint density at radius 1 is 1.45 bits per heavy atom. The Morgan fingerprint density at radius 3 is 2.86 bits per heavy atom. The first-order chi connectivity index (χ1) is 10.1. The van der Waals surface area contributed by atoms with Gasteiger partial charge in [0.15, 0.2) is 0 Å². The van der Waals surface area contributed by atoms with Crippen LogP contribution in [0, 0.1) is 0 Å². The van der Waals surface area contributed by atoms with Gasteiger partial charge in [0.05, 0.1) is 11.3 Å². The summed E-state index contributed by atoms with van der Waals surface area (Å²) in [6.07, 6.45) is 1.43. The summed E-state index contributed by atoms with van der Waals surface area (Å²) in [5.41, 5.74) is 1.01. The topological polar surface area (TPSA) is 84.7 Å². The van der Waals surface area contributed by atoms with E-state index in [0.29, 0.717) is 22.8 Å². The van der Waals surface area contributed by atoms with Gasteiger partial charge >= 0.3 is 0 Å². The van der Waals surface area contributed by atoms with Gasteiger partial charge in [-0.3, -0.25) is 4.79 Å². The Kier molecular flexibility index (Phi) is 7.23. The molecule has 22 heavy (non-hydrogen) atoms. The van der Waals surface area contributed by atoms with Crippen LogP contribution in [-0.4, -0.2) is 45.2 Å². The highest BCUT2D eigenvalue weighted by Gasteiger charge is 2.15. The summed E-state index contributed by atoms with van der Waals surface area (Å²) in [5.74, 6) is -0.215. The molecule has 0 radical (unpaired) electrons. The Balaban J connectivity index is 0.00000242. The van der Waals surface area contributed by atoms with Crippen molar-refractivity contribution in [3.05, 3.63) is 35.1 Å². The number of hydrogen-bond donors (Lipinski definition) is 2. The highest BCUT2D eigenvalue weighted by molar-refractivity contribution is 6.31. The van der Waals surface area contributed by atoms with Gasteiger partial charge in [0.1, 0.15) is 6.33 Å². The fraction of sp³-hybridized carbons (Fsp3) is 0.385. The summed E-state index contributed by atoms with van der Waals surface area (Å²) in [6, 6.07) is 5.19. The van der Waals surface area contributed by atoms with Crippen molar-refractivity contribution in [3.8, 4) is 5.69 Å². The predicted molar refractivity (Wildman–Crippen MR) is 86.9 cm³/mol. The van der Waals surface area contributed by atoms with Crippen molar-refractivity contribution in [2.45, 2.75) is 19.9 Å². The van der Waals surface area contributed by atoms with E-state index in [1.54, 1.807) is 18.2 Å². The van der Waals surface area contributed by atoms with Crippen molar-refractivity contribution < 1.29 is 4.79 Å². The second-order valence-electron chi connectivity index (χ2n) is 4.58. The van der Waals surface area contributed by atoms with Crippen LogP contribution in [-0.2, 0) is 0 Å². The second-order valence-corrected chi connectivity index (χ2v) is 5.02. The van der Waals surface area contributed by atoms with Gasteiger partial charge in [-0.05, 0) is 42.1 Å². The molecule has 0 fully saturated rings.